The molecule has 0 saturated heterocycles. The second-order valence-electron chi connectivity index (χ2n) is 10.5. The van der Waals surface area contributed by atoms with Gasteiger partial charge in [-0.05, 0) is 18.8 Å². The van der Waals surface area contributed by atoms with Gasteiger partial charge in [0, 0.05) is 0 Å². The number of hydrogen-bond donors (Lipinski definition) is 1. The van der Waals surface area contributed by atoms with E-state index in [1.165, 1.54) is 135 Å². The fourth-order valence-corrected chi connectivity index (χ4v) is 5.06. The smallest absolute Gasteiger partial charge is 0.306 e. The van der Waals surface area contributed by atoms with Gasteiger partial charge in [0.15, 0.2) is 0 Å². The van der Waals surface area contributed by atoms with Crippen molar-refractivity contribution in [2.24, 2.45) is 11.8 Å². The minimum atomic E-state index is -0.547. The Labute approximate surface area is 202 Å². The number of rotatable bonds is 26. The molecule has 0 radical (unpaired) electrons. The molecule has 0 aliphatic rings. The summed E-state index contributed by atoms with van der Waals surface area (Å²) in [5, 5.41) is 9.76. The molecule has 0 aliphatic carbocycles. The van der Waals surface area contributed by atoms with Crippen molar-refractivity contribution in [3.05, 3.63) is 0 Å². The molecule has 2 atom stereocenters. The van der Waals surface area contributed by atoms with Crippen molar-refractivity contribution in [2.75, 3.05) is 0 Å². The number of unbranched alkanes of at least 4 members (excludes halogenated alkanes) is 17. The molecule has 0 saturated carbocycles. The number of carbonyl (C=O) groups is 1. The third-order valence-corrected chi connectivity index (χ3v) is 7.31. The van der Waals surface area contributed by atoms with Gasteiger partial charge in [0.1, 0.15) is 0 Å². The van der Waals surface area contributed by atoms with Gasteiger partial charge >= 0.3 is 5.97 Å². The van der Waals surface area contributed by atoms with Crippen molar-refractivity contribution in [2.45, 2.75) is 175 Å². The number of carboxylic acid groups (broad SMARTS) is 1. The molecule has 0 heterocycles. The molecule has 0 rings (SSSR count). The van der Waals surface area contributed by atoms with Crippen LogP contribution in [0.3, 0.4) is 0 Å². The molecule has 0 aliphatic heterocycles. The summed E-state index contributed by atoms with van der Waals surface area (Å²) in [7, 11) is 0. The van der Waals surface area contributed by atoms with Gasteiger partial charge in [-0.15, -0.1) is 0 Å². The highest BCUT2D eigenvalue weighted by atomic mass is 16.4. The largest absolute Gasteiger partial charge is 0.481 e. The highest BCUT2D eigenvalue weighted by Crippen LogP contribution is 2.28. The zero-order chi connectivity index (χ0) is 23.7. The second-order valence-corrected chi connectivity index (χ2v) is 10.5. The van der Waals surface area contributed by atoms with E-state index in [0.717, 1.165) is 19.3 Å². The Kier molecular flexibility index (Phi) is 24.7. The molecular weight excluding hydrogens is 392 g/mol. The Balaban J connectivity index is 3.82. The van der Waals surface area contributed by atoms with Crippen molar-refractivity contribution < 1.29 is 9.90 Å². The van der Waals surface area contributed by atoms with Crippen LogP contribution in [0.25, 0.3) is 0 Å². The molecule has 32 heavy (non-hydrogen) atoms. The van der Waals surface area contributed by atoms with Crippen LogP contribution in [0.5, 0.6) is 0 Å². The zero-order valence-corrected chi connectivity index (χ0v) is 22.5. The van der Waals surface area contributed by atoms with Crippen molar-refractivity contribution in [3.63, 3.8) is 0 Å². The van der Waals surface area contributed by atoms with Crippen molar-refractivity contribution >= 4 is 5.97 Å². The number of hydrogen-bond acceptors (Lipinski definition) is 1. The predicted molar refractivity (Wildman–Crippen MR) is 142 cm³/mol. The van der Waals surface area contributed by atoms with Crippen LogP contribution in [0.1, 0.15) is 175 Å². The molecule has 0 fully saturated rings. The van der Waals surface area contributed by atoms with Gasteiger partial charge in [-0.25, -0.2) is 0 Å². The molecule has 0 aromatic carbocycles. The quantitative estimate of drug-likeness (QED) is 0.132. The third kappa shape index (κ3) is 21.3. The lowest BCUT2D eigenvalue weighted by Crippen LogP contribution is -2.18. The van der Waals surface area contributed by atoms with E-state index in [4.69, 9.17) is 0 Å². The molecule has 0 bridgehead atoms. The summed E-state index contributed by atoms with van der Waals surface area (Å²) in [4.78, 5) is 11.9. The summed E-state index contributed by atoms with van der Waals surface area (Å²) in [5.41, 5.74) is 0. The topological polar surface area (TPSA) is 37.3 Å². The molecule has 0 amide bonds. The minimum Gasteiger partial charge on any atom is -0.481 e. The summed E-state index contributed by atoms with van der Waals surface area (Å²) < 4.78 is 0. The SMILES string of the molecule is CCCCCCCCCCCCCCCCC(CC(CCCC)CCCCCC)C(=O)O. The lowest BCUT2D eigenvalue weighted by atomic mass is 9.84. The van der Waals surface area contributed by atoms with Crippen LogP contribution >= 0.6 is 0 Å². The first-order valence-corrected chi connectivity index (χ1v) is 14.9. The van der Waals surface area contributed by atoms with Crippen LogP contribution in [0.2, 0.25) is 0 Å². The Morgan fingerprint density at radius 1 is 0.500 bits per heavy atom. The molecule has 2 heteroatoms. The molecule has 0 aromatic rings. The van der Waals surface area contributed by atoms with Gasteiger partial charge in [0.2, 0.25) is 0 Å². The van der Waals surface area contributed by atoms with E-state index in [-0.39, 0.29) is 5.92 Å². The van der Waals surface area contributed by atoms with E-state index in [9.17, 15) is 9.90 Å². The van der Waals surface area contributed by atoms with Gasteiger partial charge < -0.3 is 5.11 Å². The van der Waals surface area contributed by atoms with E-state index in [2.05, 4.69) is 20.8 Å². The highest BCUT2D eigenvalue weighted by molar-refractivity contribution is 5.69. The molecule has 0 spiro atoms. The van der Waals surface area contributed by atoms with E-state index < -0.39 is 5.97 Å². The van der Waals surface area contributed by atoms with Gasteiger partial charge in [-0.2, -0.15) is 0 Å². The van der Waals surface area contributed by atoms with Gasteiger partial charge in [-0.1, -0.05) is 162 Å². The Morgan fingerprint density at radius 3 is 1.28 bits per heavy atom. The molecule has 2 unspecified atom stereocenters. The fourth-order valence-electron chi connectivity index (χ4n) is 5.06. The lowest BCUT2D eigenvalue weighted by molar-refractivity contribution is -0.142. The first-order valence-electron chi connectivity index (χ1n) is 14.9. The second kappa shape index (κ2) is 25.1. The molecular formula is C30H60O2. The lowest BCUT2D eigenvalue weighted by Gasteiger charge is -2.21. The first kappa shape index (κ1) is 31.5. The average Bonchev–Trinajstić information content (AvgIpc) is 2.78. The van der Waals surface area contributed by atoms with E-state index in [0.29, 0.717) is 5.92 Å². The van der Waals surface area contributed by atoms with Gasteiger partial charge in [-0.3, -0.25) is 4.79 Å². The van der Waals surface area contributed by atoms with Crippen LogP contribution in [0, 0.1) is 11.8 Å². The summed E-state index contributed by atoms with van der Waals surface area (Å²) in [6.07, 6.45) is 31.0. The monoisotopic (exact) mass is 452 g/mol. The minimum absolute atomic E-state index is 0.111. The summed E-state index contributed by atoms with van der Waals surface area (Å²) in [5.74, 6) is -0.0327. The van der Waals surface area contributed by atoms with Crippen LogP contribution in [-0.2, 0) is 4.79 Å². The highest BCUT2D eigenvalue weighted by Gasteiger charge is 2.21. The van der Waals surface area contributed by atoms with Crippen molar-refractivity contribution in [3.8, 4) is 0 Å². The molecule has 1 N–H and O–H groups in total. The zero-order valence-electron chi connectivity index (χ0n) is 22.5. The van der Waals surface area contributed by atoms with E-state index in [1.54, 1.807) is 0 Å². The average molecular weight is 453 g/mol. The maximum atomic E-state index is 11.9. The Bertz CT molecular complexity index is 379. The normalized spacial score (nSPS) is 13.3. The van der Waals surface area contributed by atoms with Crippen LogP contribution in [0.4, 0.5) is 0 Å². The predicted octanol–water partition coefficient (Wildman–Crippen LogP) is 10.7. The maximum absolute atomic E-state index is 11.9. The third-order valence-electron chi connectivity index (χ3n) is 7.31. The fraction of sp³-hybridized carbons (Fsp3) is 0.967. The first-order chi connectivity index (χ1) is 15.7. The van der Waals surface area contributed by atoms with Gasteiger partial charge in [0.05, 0.1) is 5.92 Å². The molecule has 192 valence electrons. The van der Waals surface area contributed by atoms with Crippen LogP contribution < -0.4 is 0 Å². The van der Waals surface area contributed by atoms with Crippen molar-refractivity contribution in [1.82, 2.24) is 0 Å². The van der Waals surface area contributed by atoms with E-state index >= 15 is 0 Å². The standard InChI is InChI=1S/C30H60O2/c1-4-7-10-12-13-14-15-16-17-18-19-20-21-23-26-29(30(31)32)27-28(24-9-6-3)25-22-11-8-5-2/h28-29H,4-27H2,1-3H3,(H,31,32). The van der Waals surface area contributed by atoms with Crippen LogP contribution in [-0.4, -0.2) is 11.1 Å². The Hall–Kier alpha value is -0.530. The summed E-state index contributed by atoms with van der Waals surface area (Å²) >= 11 is 0. The summed E-state index contributed by atoms with van der Waals surface area (Å²) in [6, 6.07) is 0. The number of carboxylic acids is 1. The van der Waals surface area contributed by atoms with Crippen LogP contribution in [0.15, 0.2) is 0 Å². The van der Waals surface area contributed by atoms with E-state index in [1.807, 2.05) is 0 Å². The molecule has 2 nitrogen and oxygen atoms in total. The van der Waals surface area contributed by atoms with Gasteiger partial charge in [0.25, 0.3) is 0 Å². The maximum Gasteiger partial charge on any atom is 0.306 e. The number of aliphatic carboxylic acids is 1. The summed E-state index contributed by atoms with van der Waals surface area (Å²) in [6.45, 7) is 6.79. The van der Waals surface area contributed by atoms with Crippen molar-refractivity contribution in [1.29, 1.82) is 0 Å². The Morgan fingerprint density at radius 2 is 0.844 bits per heavy atom. The molecule has 0 aromatic heterocycles.